The van der Waals surface area contributed by atoms with Gasteiger partial charge in [0.15, 0.2) is 0 Å². The Hall–Kier alpha value is -2.55. The van der Waals surface area contributed by atoms with E-state index in [4.69, 9.17) is 21.1 Å². The van der Waals surface area contributed by atoms with Crippen LogP contribution in [0.5, 0.6) is 5.75 Å². The zero-order valence-corrected chi connectivity index (χ0v) is 25.2. The third-order valence-electron chi connectivity index (χ3n) is 9.37. The summed E-state index contributed by atoms with van der Waals surface area (Å²) in [5.41, 5.74) is 3.51. The summed E-state index contributed by atoms with van der Waals surface area (Å²) >= 11 is 6.40. The van der Waals surface area contributed by atoms with Crippen LogP contribution in [0.1, 0.15) is 66.9 Å². The molecule has 220 valence electrons. The molecule has 2 heterocycles. The van der Waals surface area contributed by atoms with Crippen LogP contribution in [0.4, 0.5) is 5.69 Å². The highest BCUT2D eigenvalue weighted by atomic mass is 35.5. The molecule has 1 spiro atoms. The maximum absolute atomic E-state index is 13.1. The number of hydrogen-bond acceptors (Lipinski definition) is 6. The van der Waals surface area contributed by atoms with E-state index < -0.39 is 15.9 Å². The highest BCUT2D eigenvalue weighted by Gasteiger charge is 2.44. The molecule has 2 aromatic rings. The van der Waals surface area contributed by atoms with E-state index in [1.165, 1.54) is 11.1 Å². The van der Waals surface area contributed by atoms with Gasteiger partial charge in [0.25, 0.3) is 5.91 Å². The number of fused-ring (bicyclic) bond motifs is 4. The van der Waals surface area contributed by atoms with Crippen LogP contribution in [0.3, 0.4) is 0 Å². The Morgan fingerprint density at radius 2 is 2.05 bits per heavy atom. The molecule has 4 aliphatic rings. The molecule has 0 aromatic heterocycles. The van der Waals surface area contributed by atoms with E-state index in [2.05, 4.69) is 27.8 Å². The van der Waals surface area contributed by atoms with Crippen LogP contribution in [0, 0.1) is 11.8 Å². The van der Waals surface area contributed by atoms with Crippen molar-refractivity contribution >= 4 is 33.2 Å². The van der Waals surface area contributed by atoms with Gasteiger partial charge in [0, 0.05) is 35.7 Å². The van der Waals surface area contributed by atoms with E-state index in [-0.39, 0.29) is 17.3 Å². The molecule has 41 heavy (non-hydrogen) atoms. The summed E-state index contributed by atoms with van der Waals surface area (Å²) < 4.78 is 40.4. The second-order valence-electron chi connectivity index (χ2n) is 12.0. The quantitative estimate of drug-likeness (QED) is 0.450. The molecule has 7 nitrogen and oxygen atoms in total. The Bertz CT molecular complexity index is 1440. The van der Waals surface area contributed by atoms with Gasteiger partial charge < -0.3 is 14.4 Å². The van der Waals surface area contributed by atoms with Gasteiger partial charge in [0.2, 0.25) is 10.0 Å². The van der Waals surface area contributed by atoms with Crippen molar-refractivity contribution in [3.63, 3.8) is 0 Å². The number of sulfonamides is 1. The van der Waals surface area contributed by atoms with Crippen molar-refractivity contribution in [3.8, 4) is 5.75 Å². The number of hydrogen-bond donors (Lipinski definition) is 1. The molecule has 6 rings (SSSR count). The van der Waals surface area contributed by atoms with Crippen molar-refractivity contribution in [2.45, 2.75) is 63.4 Å². The third-order valence-corrected chi connectivity index (χ3v) is 10.9. The Kier molecular flexibility index (Phi) is 8.09. The standard InChI is InChI=1S/C32H39ClN2O5S/c1-2-39-29-8-4-3-5-16-41(37,38)34-31(36)23-10-14-30-28(18-23)35(19-24-9-12-26(24)29)20-32(21-40-30)15-6-7-22-17-25(33)11-13-27(22)32/h4,8,10-11,13-14,17-18,24,26,29H,2-3,5-7,9,12,15-16,19-21H2,1H3,(H,34,36)/b8-4+/t24-,26+,29+,32-/m0/s1. The molecule has 1 N–H and O–H groups in total. The minimum atomic E-state index is -3.76. The lowest BCUT2D eigenvalue weighted by atomic mass is 9.68. The summed E-state index contributed by atoms with van der Waals surface area (Å²) in [4.78, 5) is 15.5. The van der Waals surface area contributed by atoms with Crippen molar-refractivity contribution in [2.24, 2.45) is 11.8 Å². The fraction of sp³-hybridized carbons (Fsp3) is 0.531. The van der Waals surface area contributed by atoms with E-state index in [0.29, 0.717) is 43.5 Å². The van der Waals surface area contributed by atoms with Crippen LogP contribution in [0.2, 0.25) is 5.02 Å². The first-order chi connectivity index (χ1) is 19.8. The lowest BCUT2D eigenvalue weighted by Crippen LogP contribution is -2.49. The molecule has 1 fully saturated rings. The second kappa shape index (κ2) is 11.6. The van der Waals surface area contributed by atoms with Crippen molar-refractivity contribution in [1.29, 1.82) is 0 Å². The predicted molar refractivity (Wildman–Crippen MR) is 161 cm³/mol. The highest BCUT2D eigenvalue weighted by Crippen LogP contribution is 2.47. The van der Waals surface area contributed by atoms with Gasteiger partial charge >= 0.3 is 0 Å². The number of benzene rings is 2. The van der Waals surface area contributed by atoms with E-state index >= 15 is 0 Å². The molecule has 1 amide bonds. The summed E-state index contributed by atoms with van der Waals surface area (Å²) in [6, 6.07) is 11.5. The Morgan fingerprint density at radius 1 is 1.17 bits per heavy atom. The van der Waals surface area contributed by atoms with Crippen molar-refractivity contribution < 1.29 is 22.7 Å². The fourth-order valence-corrected chi connectivity index (χ4v) is 8.42. The van der Waals surface area contributed by atoms with Gasteiger partial charge in [0.1, 0.15) is 5.75 Å². The van der Waals surface area contributed by atoms with Gasteiger partial charge in [-0.1, -0.05) is 29.8 Å². The van der Waals surface area contributed by atoms with E-state index in [1.807, 2.05) is 31.2 Å². The normalized spacial score (nSPS) is 30.1. The van der Waals surface area contributed by atoms with Gasteiger partial charge in [-0.3, -0.25) is 4.79 Å². The van der Waals surface area contributed by atoms with Gasteiger partial charge in [0.05, 0.1) is 24.2 Å². The summed E-state index contributed by atoms with van der Waals surface area (Å²) in [5.74, 6) is 0.819. The van der Waals surface area contributed by atoms with Crippen LogP contribution in [0.25, 0.3) is 0 Å². The number of nitrogens with one attached hydrogen (secondary N) is 1. The number of carbonyl (C=O) groups is 1. The predicted octanol–water partition coefficient (Wildman–Crippen LogP) is 5.65. The largest absolute Gasteiger partial charge is 0.490 e. The number of nitrogens with zero attached hydrogens (tertiary/aromatic N) is 1. The first kappa shape index (κ1) is 28.6. The number of rotatable bonds is 2. The molecule has 2 aromatic carbocycles. The minimum absolute atomic E-state index is 0.00325. The Labute approximate surface area is 248 Å². The van der Waals surface area contributed by atoms with Crippen LogP contribution in [0.15, 0.2) is 48.6 Å². The van der Waals surface area contributed by atoms with Crippen LogP contribution in [-0.4, -0.2) is 52.5 Å². The number of aryl methyl sites for hydroxylation is 1. The monoisotopic (exact) mass is 598 g/mol. The SMILES string of the molecule is CCO[C@@H]1/C=C/CCCS(=O)(=O)NC(=O)c2ccc3c(c2)N(C[C@@H]2CC[C@H]21)C[C@@]1(CCCc2cc(Cl)ccc21)CO3. The smallest absolute Gasteiger partial charge is 0.264 e. The van der Waals surface area contributed by atoms with Gasteiger partial charge in [-0.15, -0.1) is 0 Å². The zero-order valence-electron chi connectivity index (χ0n) is 23.6. The summed E-state index contributed by atoms with van der Waals surface area (Å²) in [6.45, 7) is 4.74. The third kappa shape index (κ3) is 5.88. The first-order valence-corrected chi connectivity index (χ1v) is 16.9. The first-order valence-electron chi connectivity index (χ1n) is 14.9. The van der Waals surface area contributed by atoms with Crippen molar-refractivity contribution in [2.75, 3.05) is 37.0 Å². The van der Waals surface area contributed by atoms with Crippen molar-refractivity contribution in [3.05, 3.63) is 70.3 Å². The molecule has 0 unspecified atom stereocenters. The number of anilines is 1. The fourth-order valence-electron chi connectivity index (χ4n) is 7.18. The van der Waals surface area contributed by atoms with Gasteiger partial charge in [-0.2, -0.15) is 0 Å². The summed E-state index contributed by atoms with van der Waals surface area (Å²) in [5, 5.41) is 0.751. The van der Waals surface area contributed by atoms with E-state index in [9.17, 15) is 13.2 Å². The molecular weight excluding hydrogens is 560 g/mol. The van der Waals surface area contributed by atoms with Gasteiger partial charge in [-0.05, 0) is 105 Å². The van der Waals surface area contributed by atoms with Crippen molar-refractivity contribution in [1.82, 2.24) is 4.72 Å². The lowest BCUT2D eigenvalue weighted by Gasteiger charge is -2.46. The number of ether oxygens (including phenoxy) is 2. The highest BCUT2D eigenvalue weighted by molar-refractivity contribution is 7.90. The Balaban J connectivity index is 1.42. The number of carbonyl (C=O) groups excluding carboxylic acids is 1. The lowest BCUT2D eigenvalue weighted by molar-refractivity contribution is -0.00861. The van der Waals surface area contributed by atoms with Crippen LogP contribution in [-0.2, 0) is 26.6 Å². The minimum Gasteiger partial charge on any atom is -0.490 e. The average molecular weight is 599 g/mol. The summed E-state index contributed by atoms with van der Waals surface area (Å²) in [6.07, 6.45) is 10.5. The molecule has 2 aliphatic carbocycles. The van der Waals surface area contributed by atoms with E-state index in [0.717, 1.165) is 61.7 Å². The summed E-state index contributed by atoms with van der Waals surface area (Å²) in [7, 11) is -3.76. The van der Waals surface area contributed by atoms with Gasteiger partial charge in [-0.25, -0.2) is 13.1 Å². The average Bonchev–Trinajstić information content (AvgIpc) is 3.07. The van der Waals surface area contributed by atoms with E-state index in [1.54, 1.807) is 6.07 Å². The number of allylic oxidation sites excluding steroid dienone is 1. The number of halogens is 1. The molecule has 4 atom stereocenters. The molecule has 2 bridgehead atoms. The van der Waals surface area contributed by atoms with Crippen LogP contribution >= 0.6 is 11.6 Å². The molecule has 0 radical (unpaired) electrons. The zero-order chi connectivity index (χ0) is 28.6. The molecule has 9 heteroatoms. The maximum atomic E-state index is 13.1. The molecule has 0 saturated heterocycles. The molecule has 2 aliphatic heterocycles. The maximum Gasteiger partial charge on any atom is 0.264 e. The number of amides is 1. The second-order valence-corrected chi connectivity index (χ2v) is 14.3. The van der Waals surface area contributed by atoms with Crippen LogP contribution < -0.4 is 14.4 Å². The molecular formula is C32H39ClN2O5S. The Morgan fingerprint density at radius 3 is 2.85 bits per heavy atom. The topological polar surface area (TPSA) is 84.9 Å². The molecule has 1 saturated carbocycles.